The van der Waals surface area contributed by atoms with E-state index in [9.17, 15) is 9.59 Å². The van der Waals surface area contributed by atoms with Crippen molar-refractivity contribution in [2.24, 2.45) is 5.41 Å². The lowest BCUT2D eigenvalue weighted by Gasteiger charge is -2.21. The Morgan fingerprint density at radius 2 is 2.00 bits per heavy atom. The quantitative estimate of drug-likeness (QED) is 0.878. The average Bonchev–Trinajstić information content (AvgIpc) is 2.38. The van der Waals surface area contributed by atoms with E-state index in [0.717, 1.165) is 6.42 Å². The normalized spacial score (nSPS) is 10.7. The highest BCUT2D eigenvalue weighted by Crippen LogP contribution is 2.24. The molecular formula is C14H20N2O3. The second-order valence-corrected chi connectivity index (χ2v) is 4.86. The predicted octanol–water partition coefficient (Wildman–Crippen LogP) is 2.78. The SMILES string of the molecule is CCC(C)(C)C(=O)Nc1cccc(OC(=O)NC)c1. The molecule has 0 aliphatic heterocycles. The van der Waals surface area contributed by atoms with Crippen LogP contribution in [0.2, 0.25) is 0 Å². The summed E-state index contributed by atoms with van der Waals surface area (Å²) < 4.78 is 5.00. The molecule has 0 aliphatic carbocycles. The summed E-state index contributed by atoms with van der Waals surface area (Å²) in [5, 5.41) is 5.17. The Balaban J connectivity index is 2.77. The highest BCUT2D eigenvalue weighted by atomic mass is 16.5. The van der Waals surface area contributed by atoms with Gasteiger partial charge < -0.3 is 15.4 Å². The maximum absolute atomic E-state index is 12.0. The van der Waals surface area contributed by atoms with Gasteiger partial charge in [0.15, 0.2) is 0 Å². The van der Waals surface area contributed by atoms with Gasteiger partial charge in [-0.15, -0.1) is 0 Å². The number of benzene rings is 1. The molecule has 0 aliphatic rings. The summed E-state index contributed by atoms with van der Waals surface area (Å²) in [5.41, 5.74) is 0.172. The van der Waals surface area contributed by atoms with Crippen LogP contribution in [0, 0.1) is 5.41 Å². The number of carbonyl (C=O) groups excluding carboxylic acids is 2. The van der Waals surface area contributed by atoms with E-state index in [1.54, 1.807) is 24.3 Å². The minimum absolute atomic E-state index is 0.0629. The summed E-state index contributed by atoms with van der Waals surface area (Å²) in [7, 11) is 1.48. The van der Waals surface area contributed by atoms with E-state index in [0.29, 0.717) is 11.4 Å². The lowest BCUT2D eigenvalue weighted by atomic mass is 9.89. The minimum atomic E-state index is -0.544. The fraction of sp³-hybridized carbons (Fsp3) is 0.429. The molecule has 0 radical (unpaired) electrons. The lowest BCUT2D eigenvalue weighted by molar-refractivity contribution is -0.124. The van der Waals surface area contributed by atoms with Crippen LogP contribution in [0.15, 0.2) is 24.3 Å². The largest absolute Gasteiger partial charge is 0.412 e. The van der Waals surface area contributed by atoms with Gasteiger partial charge in [0.25, 0.3) is 0 Å². The van der Waals surface area contributed by atoms with Crippen molar-refractivity contribution in [2.45, 2.75) is 27.2 Å². The van der Waals surface area contributed by atoms with E-state index < -0.39 is 11.5 Å². The molecule has 0 unspecified atom stereocenters. The highest BCUT2D eigenvalue weighted by molar-refractivity contribution is 5.94. The van der Waals surface area contributed by atoms with Crippen LogP contribution < -0.4 is 15.4 Å². The summed E-state index contributed by atoms with van der Waals surface area (Å²) in [5.74, 6) is 0.318. The van der Waals surface area contributed by atoms with Gasteiger partial charge in [0.1, 0.15) is 5.75 Å². The maximum atomic E-state index is 12.0. The van der Waals surface area contributed by atoms with Gasteiger partial charge >= 0.3 is 6.09 Å². The first-order valence-corrected chi connectivity index (χ1v) is 6.20. The molecular weight excluding hydrogens is 244 g/mol. The van der Waals surface area contributed by atoms with Gasteiger partial charge in [-0.05, 0) is 18.6 Å². The molecule has 2 N–H and O–H groups in total. The Hall–Kier alpha value is -2.04. The van der Waals surface area contributed by atoms with Crippen molar-refractivity contribution in [2.75, 3.05) is 12.4 Å². The van der Waals surface area contributed by atoms with Crippen molar-refractivity contribution in [3.63, 3.8) is 0 Å². The van der Waals surface area contributed by atoms with Crippen molar-refractivity contribution in [1.82, 2.24) is 5.32 Å². The fourth-order valence-electron chi connectivity index (χ4n) is 1.26. The molecule has 0 atom stereocenters. The Labute approximate surface area is 113 Å². The van der Waals surface area contributed by atoms with Gasteiger partial charge in [-0.3, -0.25) is 4.79 Å². The first kappa shape index (κ1) is 15.0. The van der Waals surface area contributed by atoms with Crippen LogP contribution >= 0.6 is 0 Å². The first-order chi connectivity index (χ1) is 8.89. The smallest absolute Gasteiger partial charge is 0.410 e. The van der Waals surface area contributed by atoms with Gasteiger partial charge in [-0.1, -0.05) is 26.8 Å². The van der Waals surface area contributed by atoms with Crippen LogP contribution in [-0.2, 0) is 4.79 Å². The Morgan fingerprint density at radius 1 is 1.32 bits per heavy atom. The van der Waals surface area contributed by atoms with E-state index in [-0.39, 0.29) is 5.91 Å². The molecule has 104 valence electrons. The number of nitrogens with one attached hydrogen (secondary N) is 2. The molecule has 5 nitrogen and oxygen atoms in total. The third kappa shape index (κ3) is 4.28. The molecule has 0 fully saturated rings. The molecule has 0 aromatic heterocycles. The zero-order chi connectivity index (χ0) is 14.5. The van der Waals surface area contributed by atoms with Crippen LogP contribution in [0.25, 0.3) is 0 Å². The molecule has 2 amide bonds. The molecule has 0 saturated carbocycles. The number of anilines is 1. The summed E-state index contributed by atoms with van der Waals surface area (Å²) in [6.07, 6.45) is 0.199. The molecule has 1 aromatic rings. The molecule has 0 saturated heterocycles. The van der Waals surface area contributed by atoms with Crippen molar-refractivity contribution >= 4 is 17.7 Å². The summed E-state index contributed by atoms with van der Waals surface area (Å²) in [6.45, 7) is 5.73. The number of rotatable bonds is 4. The Morgan fingerprint density at radius 3 is 2.58 bits per heavy atom. The molecule has 1 rings (SSSR count). The standard InChI is InChI=1S/C14H20N2O3/c1-5-14(2,3)12(17)16-10-7-6-8-11(9-10)19-13(18)15-4/h6-9H,5H2,1-4H3,(H,15,18)(H,16,17). The van der Waals surface area contributed by atoms with Gasteiger partial charge in [-0.2, -0.15) is 0 Å². The van der Waals surface area contributed by atoms with Crippen LogP contribution in [0.3, 0.4) is 0 Å². The summed E-state index contributed by atoms with van der Waals surface area (Å²) in [4.78, 5) is 23.1. The third-order valence-electron chi connectivity index (χ3n) is 3.01. The zero-order valence-electron chi connectivity index (χ0n) is 11.7. The Kier molecular flexibility index (Phi) is 4.92. The van der Waals surface area contributed by atoms with Crippen molar-refractivity contribution in [3.05, 3.63) is 24.3 Å². The van der Waals surface area contributed by atoms with Gasteiger partial charge in [0.2, 0.25) is 5.91 Å². The monoisotopic (exact) mass is 264 g/mol. The van der Waals surface area contributed by atoms with E-state index in [1.807, 2.05) is 20.8 Å². The van der Waals surface area contributed by atoms with Crippen molar-refractivity contribution in [3.8, 4) is 5.75 Å². The number of amides is 2. The van der Waals surface area contributed by atoms with E-state index in [4.69, 9.17) is 4.74 Å². The zero-order valence-corrected chi connectivity index (χ0v) is 11.7. The molecule has 5 heteroatoms. The van der Waals surface area contributed by atoms with E-state index in [1.165, 1.54) is 7.05 Å². The van der Waals surface area contributed by atoms with Crippen molar-refractivity contribution in [1.29, 1.82) is 0 Å². The number of hydrogen-bond donors (Lipinski definition) is 2. The van der Waals surface area contributed by atoms with Crippen LogP contribution in [0.5, 0.6) is 5.75 Å². The van der Waals surface area contributed by atoms with Gasteiger partial charge in [0.05, 0.1) is 0 Å². The fourth-order valence-corrected chi connectivity index (χ4v) is 1.26. The van der Waals surface area contributed by atoms with Gasteiger partial charge in [0, 0.05) is 24.2 Å². The second-order valence-electron chi connectivity index (χ2n) is 4.86. The lowest BCUT2D eigenvalue weighted by Crippen LogP contribution is -2.30. The second kappa shape index (κ2) is 6.22. The minimum Gasteiger partial charge on any atom is -0.410 e. The number of hydrogen-bond acceptors (Lipinski definition) is 3. The molecule has 0 heterocycles. The Bertz CT molecular complexity index is 470. The number of carbonyl (C=O) groups is 2. The molecule has 0 bridgehead atoms. The highest BCUT2D eigenvalue weighted by Gasteiger charge is 2.25. The topological polar surface area (TPSA) is 67.4 Å². The van der Waals surface area contributed by atoms with Crippen LogP contribution in [0.1, 0.15) is 27.2 Å². The van der Waals surface area contributed by atoms with Crippen LogP contribution in [0.4, 0.5) is 10.5 Å². The molecule has 19 heavy (non-hydrogen) atoms. The average molecular weight is 264 g/mol. The van der Waals surface area contributed by atoms with Crippen molar-refractivity contribution < 1.29 is 14.3 Å². The summed E-state index contributed by atoms with van der Waals surface area (Å²) in [6, 6.07) is 6.72. The first-order valence-electron chi connectivity index (χ1n) is 6.20. The summed E-state index contributed by atoms with van der Waals surface area (Å²) >= 11 is 0. The van der Waals surface area contributed by atoms with Gasteiger partial charge in [-0.25, -0.2) is 4.79 Å². The maximum Gasteiger partial charge on any atom is 0.412 e. The van der Waals surface area contributed by atoms with E-state index in [2.05, 4.69) is 10.6 Å². The molecule has 1 aromatic carbocycles. The predicted molar refractivity (Wildman–Crippen MR) is 74.2 cm³/mol. The number of ether oxygens (including phenoxy) is 1. The van der Waals surface area contributed by atoms with E-state index >= 15 is 0 Å². The third-order valence-corrected chi connectivity index (χ3v) is 3.01. The van der Waals surface area contributed by atoms with Crippen LogP contribution in [-0.4, -0.2) is 19.0 Å². The molecule has 0 spiro atoms.